The second kappa shape index (κ2) is 7.41. The van der Waals surface area contributed by atoms with E-state index < -0.39 is 0 Å². The molecule has 2 N–H and O–H groups in total. The predicted octanol–water partition coefficient (Wildman–Crippen LogP) is 1.84. The molecule has 20 heavy (non-hydrogen) atoms. The van der Waals surface area contributed by atoms with Gasteiger partial charge >= 0.3 is 0 Å². The van der Waals surface area contributed by atoms with Crippen LogP contribution in [0.15, 0.2) is 0 Å². The molecule has 4 nitrogen and oxygen atoms in total. The highest BCUT2D eigenvalue weighted by Crippen LogP contribution is 2.28. The summed E-state index contributed by atoms with van der Waals surface area (Å²) in [6, 6.07) is 0.849. The average molecular weight is 281 g/mol. The summed E-state index contributed by atoms with van der Waals surface area (Å²) in [6.07, 6.45) is 8.87. The first kappa shape index (κ1) is 15.8. The molecule has 2 rings (SSSR count). The molecule has 1 heterocycles. The lowest BCUT2D eigenvalue weighted by Crippen LogP contribution is -2.41. The zero-order chi connectivity index (χ0) is 14.5. The summed E-state index contributed by atoms with van der Waals surface area (Å²) in [4.78, 5) is 16.8. The summed E-state index contributed by atoms with van der Waals surface area (Å²) < 4.78 is 0. The fourth-order valence-electron chi connectivity index (χ4n) is 3.72. The first-order valence-electron chi connectivity index (χ1n) is 8.26. The first-order valence-corrected chi connectivity index (χ1v) is 8.26. The van der Waals surface area contributed by atoms with E-state index >= 15 is 0 Å². The summed E-state index contributed by atoms with van der Waals surface area (Å²) in [5.41, 5.74) is 5.94. The molecule has 0 aromatic heterocycles. The molecule has 1 unspecified atom stereocenters. The fourth-order valence-corrected chi connectivity index (χ4v) is 3.72. The lowest BCUT2D eigenvalue weighted by molar-refractivity contribution is -0.132. The second-order valence-corrected chi connectivity index (χ2v) is 6.96. The Kier molecular flexibility index (Phi) is 5.85. The molecule has 4 heteroatoms. The third-order valence-corrected chi connectivity index (χ3v) is 4.93. The van der Waals surface area contributed by atoms with Crippen LogP contribution in [0.25, 0.3) is 0 Å². The molecule has 1 amide bonds. The highest BCUT2D eigenvalue weighted by atomic mass is 16.2. The number of carbonyl (C=O) groups is 1. The van der Waals surface area contributed by atoms with E-state index in [0.29, 0.717) is 18.0 Å². The summed E-state index contributed by atoms with van der Waals surface area (Å²) >= 11 is 0. The van der Waals surface area contributed by atoms with Crippen LogP contribution in [0.4, 0.5) is 0 Å². The van der Waals surface area contributed by atoms with Gasteiger partial charge in [-0.15, -0.1) is 0 Å². The van der Waals surface area contributed by atoms with Gasteiger partial charge in [-0.3, -0.25) is 4.79 Å². The van der Waals surface area contributed by atoms with Gasteiger partial charge in [0.25, 0.3) is 0 Å². The van der Waals surface area contributed by atoms with E-state index in [2.05, 4.69) is 23.9 Å². The first-order chi connectivity index (χ1) is 9.56. The third kappa shape index (κ3) is 4.45. The molecule has 1 atom stereocenters. The Morgan fingerprint density at radius 1 is 1.20 bits per heavy atom. The van der Waals surface area contributed by atoms with E-state index in [0.717, 1.165) is 44.7 Å². The van der Waals surface area contributed by atoms with Gasteiger partial charge in [0.15, 0.2) is 0 Å². The maximum Gasteiger partial charge on any atom is 0.222 e. The van der Waals surface area contributed by atoms with Crippen LogP contribution in [-0.2, 0) is 4.79 Å². The molecule has 116 valence electrons. The van der Waals surface area contributed by atoms with E-state index in [-0.39, 0.29) is 0 Å². The van der Waals surface area contributed by atoms with Crippen molar-refractivity contribution >= 4 is 5.91 Å². The number of hydrogen-bond acceptors (Lipinski definition) is 3. The number of carbonyl (C=O) groups excluding carboxylic acids is 1. The topological polar surface area (TPSA) is 49.6 Å². The van der Waals surface area contributed by atoms with E-state index in [4.69, 9.17) is 5.73 Å². The Balaban J connectivity index is 1.73. The molecule has 2 aliphatic rings. The highest BCUT2D eigenvalue weighted by Gasteiger charge is 2.29. The number of likely N-dealkylation sites (N-methyl/N-ethyl adjacent to an activating group) is 1. The van der Waals surface area contributed by atoms with Crippen LogP contribution in [0.2, 0.25) is 0 Å². The Bertz CT molecular complexity index is 311. The molecule has 1 saturated carbocycles. The summed E-state index contributed by atoms with van der Waals surface area (Å²) in [6.45, 7) is 1.97. The standard InChI is InChI=1S/C16H31N3O/c1-18(2)12-15-4-3-11-19(15)16(20)10-7-13-5-8-14(17)9-6-13/h13-15H,3-12,17H2,1-2H3. The highest BCUT2D eigenvalue weighted by molar-refractivity contribution is 5.76. The summed E-state index contributed by atoms with van der Waals surface area (Å²) in [5.74, 6) is 1.11. The van der Waals surface area contributed by atoms with E-state index in [1.807, 2.05) is 0 Å². The van der Waals surface area contributed by atoms with Gasteiger partial charge in [0.2, 0.25) is 5.91 Å². The molecule has 0 spiro atoms. The predicted molar refractivity (Wildman–Crippen MR) is 82.5 cm³/mol. The SMILES string of the molecule is CN(C)CC1CCCN1C(=O)CCC1CCC(N)CC1. The monoisotopic (exact) mass is 281 g/mol. The molecule has 0 radical (unpaired) electrons. The Labute approximate surface area is 123 Å². The lowest BCUT2D eigenvalue weighted by atomic mass is 9.83. The molecule has 0 bridgehead atoms. The summed E-state index contributed by atoms with van der Waals surface area (Å²) in [7, 11) is 4.18. The van der Waals surface area contributed by atoms with Gasteiger partial charge in [-0.1, -0.05) is 0 Å². The van der Waals surface area contributed by atoms with E-state index in [1.165, 1.54) is 25.7 Å². The lowest BCUT2D eigenvalue weighted by Gasteiger charge is -2.29. The number of hydrogen-bond donors (Lipinski definition) is 1. The van der Waals surface area contributed by atoms with Crippen molar-refractivity contribution in [2.24, 2.45) is 11.7 Å². The van der Waals surface area contributed by atoms with Crippen LogP contribution in [0, 0.1) is 5.92 Å². The quantitative estimate of drug-likeness (QED) is 0.836. The molecule has 1 aliphatic heterocycles. The smallest absolute Gasteiger partial charge is 0.222 e. The fraction of sp³-hybridized carbons (Fsp3) is 0.938. The Morgan fingerprint density at radius 3 is 2.55 bits per heavy atom. The van der Waals surface area contributed by atoms with Gasteiger partial charge in [-0.2, -0.15) is 0 Å². The van der Waals surface area contributed by atoms with Gasteiger partial charge < -0.3 is 15.5 Å². The zero-order valence-electron chi connectivity index (χ0n) is 13.2. The van der Waals surface area contributed by atoms with Crippen molar-refractivity contribution in [1.82, 2.24) is 9.80 Å². The van der Waals surface area contributed by atoms with Gasteiger partial charge in [0.1, 0.15) is 0 Å². The van der Waals surface area contributed by atoms with Crippen LogP contribution in [0.1, 0.15) is 51.4 Å². The van der Waals surface area contributed by atoms with Crippen LogP contribution < -0.4 is 5.73 Å². The number of nitrogens with two attached hydrogens (primary N) is 1. The minimum Gasteiger partial charge on any atom is -0.338 e. The minimum absolute atomic E-state index is 0.379. The normalized spacial score (nSPS) is 31.0. The molecule has 0 aromatic carbocycles. The second-order valence-electron chi connectivity index (χ2n) is 6.96. The molecule has 1 aliphatic carbocycles. The Morgan fingerprint density at radius 2 is 1.90 bits per heavy atom. The van der Waals surface area contributed by atoms with Crippen LogP contribution >= 0.6 is 0 Å². The van der Waals surface area contributed by atoms with Gasteiger partial charge in [0, 0.05) is 31.6 Å². The zero-order valence-corrected chi connectivity index (χ0v) is 13.2. The Hall–Kier alpha value is -0.610. The average Bonchev–Trinajstić information content (AvgIpc) is 2.85. The van der Waals surface area contributed by atoms with Crippen molar-refractivity contribution in [3.63, 3.8) is 0 Å². The molecule has 2 fully saturated rings. The number of nitrogens with zero attached hydrogens (tertiary/aromatic N) is 2. The summed E-state index contributed by atoms with van der Waals surface area (Å²) in [5, 5.41) is 0. The maximum absolute atomic E-state index is 12.4. The van der Waals surface area contributed by atoms with Crippen LogP contribution in [-0.4, -0.2) is 55.0 Å². The van der Waals surface area contributed by atoms with Crippen molar-refractivity contribution in [3.05, 3.63) is 0 Å². The van der Waals surface area contributed by atoms with Crippen molar-refractivity contribution in [1.29, 1.82) is 0 Å². The van der Waals surface area contributed by atoms with Crippen LogP contribution in [0.3, 0.4) is 0 Å². The van der Waals surface area contributed by atoms with Crippen molar-refractivity contribution < 1.29 is 4.79 Å². The van der Waals surface area contributed by atoms with Gasteiger partial charge in [-0.05, 0) is 65.0 Å². The number of rotatable bonds is 5. The molecular weight excluding hydrogens is 250 g/mol. The van der Waals surface area contributed by atoms with Gasteiger partial charge in [-0.25, -0.2) is 0 Å². The minimum atomic E-state index is 0.379. The van der Waals surface area contributed by atoms with E-state index in [1.54, 1.807) is 0 Å². The number of likely N-dealkylation sites (tertiary alicyclic amines) is 1. The maximum atomic E-state index is 12.4. The largest absolute Gasteiger partial charge is 0.338 e. The van der Waals surface area contributed by atoms with Crippen molar-refractivity contribution in [2.75, 3.05) is 27.2 Å². The van der Waals surface area contributed by atoms with E-state index in [9.17, 15) is 4.79 Å². The van der Waals surface area contributed by atoms with Crippen molar-refractivity contribution in [2.45, 2.75) is 63.5 Å². The van der Waals surface area contributed by atoms with Gasteiger partial charge in [0.05, 0.1) is 0 Å². The van der Waals surface area contributed by atoms with Crippen LogP contribution in [0.5, 0.6) is 0 Å². The number of amides is 1. The molecule has 0 aromatic rings. The molecule has 1 saturated heterocycles. The molecular formula is C16H31N3O. The van der Waals surface area contributed by atoms with Crippen molar-refractivity contribution in [3.8, 4) is 0 Å². The third-order valence-electron chi connectivity index (χ3n) is 4.93.